The van der Waals surface area contributed by atoms with Crippen molar-refractivity contribution in [1.82, 2.24) is 0 Å². The summed E-state index contributed by atoms with van der Waals surface area (Å²) in [6.07, 6.45) is -0.0355. The molecule has 0 aromatic carbocycles. The fourth-order valence-corrected chi connectivity index (χ4v) is 2.13. The minimum atomic E-state index is -0.0355. The molecule has 0 spiro atoms. The third-order valence-electron chi connectivity index (χ3n) is 2.25. The number of thiophene rings is 1. The van der Waals surface area contributed by atoms with E-state index in [0.29, 0.717) is 39.6 Å². The van der Waals surface area contributed by atoms with Crippen LogP contribution in [0.5, 0.6) is 11.5 Å². The molecular formula is C11H17NO4S. The largest absolute Gasteiger partial charge is 0.485 e. The molecule has 1 aliphatic heterocycles. The molecule has 1 atom stereocenters. The van der Waals surface area contributed by atoms with Crippen molar-refractivity contribution in [3.63, 3.8) is 0 Å². The van der Waals surface area contributed by atoms with E-state index in [4.69, 9.17) is 24.7 Å². The highest BCUT2D eigenvalue weighted by Crippen LogP contribution is 2.35. The maximum Gasteiger partial charge on any atom is 0.172 e. The molecule has 5 nitrogen and oxygen atoms in total. The van der Waals surface area contributed by atoms with Crippen molar-refractivity contribution in [2.75, 3.05) is 39.6 Å². The second kappa shape index (κ2) is 6.80. The zero-order chi connectivity index (χ0) is 11.9. The first-order chi connectivity index (χ1) is 8.40. The normalized spacial score (nSPS) is 18.3. The Morgan fingerprint density at radius 1 is 1.24 bits per heavy atom. The molecular weight excluding hydrogens is 242 g/mol. The molecule has 0 aliphatic carbocycles. The third-order valence-corrected chi connectivity index (χ3v) is 2.95. The maximum atomic E-state index is 5.70. The van der Waals surface area contributed by atoms with Crippen molar-refractivity contribution in [1.29, 1.82) is 0 Å². The van der Waals surface area contributed by atoms with E-state index in [1.807, 2.05) is 10.8 Å². The molecule has 0 amide bonds. The average molecular weight is 259 g/mol. The van der Waals surface area contributed by atoms with Gasteiger partial charge in [0.2, 0.25) is 0 Å². The van der Waals surface area contributed by atoms with Crippen LogP contribution in [0.1, 0.15) is 0 Å². The number of nitrogens with two attached hydrogens (primary N) is 1. The lowest BCUT2D eigenvalue weighted by molar-refractivity contribution is -0.0109. The van der Waals surface area contributed by atoms with Crippen molar-refractivity contribution in [3.05, 3.63) is 10.8 Å². The summed E-state index contributed by atoms with van der Waals surface area (Å²) >= 11 is 1.57. The highest BCUT2D eigenvalue weighted by molar-refractivity contribution is 7.08. The predicted octanol–water partition coefficient (Wildman–Crippen LogP) is 0.880. The molecule has 17 heavy (non-hydrogen) atoms. The second-order valence-corrected chi connectivity index (χ2v) is 4.37. The molecule has 1 aromatic rings. The number of rotatable bonds is 7. The Morgan fingerprint density at radius 2 is 2.06 bits per heavy atom. The van der Waals surface area contributed by atoms with E-state index in [2.05, 4.69) is 0 Å². The van der Waals surface area contributed by atoms with Crippen molar-refractivity contribution in [2.24, 2.45) is 5.73 Å². The van der Waals surface area contributed by atoms with Gasteiger partial charge in [-0.3, -0.25) is 0 Å². The summed E-state index contributed by atoms with van der Waals surface area (Å²) in [5, 5.41) is 3.87. The van der Waals surface area contributed by atoms with Crippen molar-refractivity contribution in [3.8, 4) is 11.5 Å². The molecule has 0 radical (unpaired) electrons. The Labute approximate surface area is 104 Å². The summed E-state index contributed by atoms with van der Waals surface area (Å²) in [4.78, 5) is 0. The molecule has 6 heteroatoms. The van der Waals surface area contributed by atoms with Crippen LogP contribution in [0.25, 0.3) is 0 Å². The van der Waals surface area contributed by atoms with E-state index < -0.39 is 0 Å². The minimum absolute atomic E-state index is 0.0355. The molecule has 0 saturated heterocycles. The van der Waals surface area contributed by atoms with Gasteiger partial charge in [-0.25, -0.2) is 0 Å². The van der Waals surface area contributed by atoms with Crippen LogP contribution in [0.15, 0.2) is 10.8 Å². The minimum Gasteiger partial charge on any atom is -0.485 e. The van der Waals surface area contributed by atoms with Gasteiger partial charge in [-0.1, -0.05) is 0 Å². The van der Waals surface area contributed by atoms with Crippen LogP contribution in [-0.2, 0) is 9.47 Å². The number of hydrogen-bond acceptors (Lipinski definition) is 6. The third kappa shape index (κ3) is 3.85. The predicted molar refractivity (Wildman–Crippen MR) is 64.9 cm³/mol. The summed E-state index contributed by atoms with van der Waals surface area (Å²) in [5.41, 5.74) is 5.29. The van der Waals surface area contributed by atoms with Crippen LogP contribution in [-0.4, -0.2) is 45.7 Å². The molecule has 1 aromatic heterocycles. The van der Waals surface area contributed by atoms with E-state index in [1.54, 1.807) is 11.3 Å². The summed E-state index contributed by atoms with van der Waals surface area (Å²) in [6, 6.07) is 0. The van der Waals surface area contributed by atoms with E-state index in [-0.39, 0.29) is 6.10 Å². The fraction of sp³-hybridized carbons (Fsp3) is 0.636. The van der Waals surface area contributed by atoms with Crippen molar-refractivity contribution >= 4 is 11.3 Å². The van der Waals surface area contributed by atoms with Gasteiger partial charge in [-0.05, 0) is 0 Å². The quantitative estimate of drug-likeness (QED) is 0.736. The Balaban J connectivity index is 1.59. The van der Waals surface area contributed by atoms with Gasteiger partial charge in [-0.2, -0.15) is 0 Å². The zero-order valence-electron chi connectivity index (χ0n) is 9.59. The molecule has 0 fully saturated rings. The first-order valence-electron chi connectivity index (χ1n) is 5.61. The molecule has 2 rings (SSSR count). The second-order valence-electron chi connectivity index (χ2n) is 3.63. The zero-order valence-corrected chi connectivity index (χ0v) is 10.4. The summed E-state index contributed by atoms with van der Waals surface area (Å²) in [7, 11) is 0. The highest BCUT2D eigenvalue weighted by atomic mass is 32.1. The lowest BCUT2D eigenvalue weighted by Crippen LogP contribution is -2.33. The molecule has 1 unspecified atom stereocenters. The van der Waals surface area contributed by atoms with Gasteiger partial charge in [0.15, 0.2) is 17.6 Å². The van der Waals surface area contributed by atoms with Crippen LogP contribution in [0, 0.1) is 0 Å². The van der Waals surface area contributed by atoms with Gasteiger partial charge in [0.05, 0.1) is 26.4 Å². The highest BCUT2D eigenvalue weighted by Gasteiger charge is 2.21. The lowest BCUT2D eigenvalue weighted by Gasteiger charge is -2.24. The molecule has 2 heterocycles. The van der Waals surface area contributed by atoms with Gasteiger partial charge >= 0.3 is 0 Å². The lowest BCUT2D eigenvalue weighted by atomic mass is 10.3. The molecule has 2 N–H and O–H groups in total. The van der Waals surface area contributed by atoms with E-state index in [0.717, 1.165) is 11.5 Å². The fourth-order valence-electron chi connectivity index (χ4n) is 1.46. The first-order valence-corrected chi connectivity index (χ1v) is 6.55. The SMILES string of the molecule is NCCOCCOCC1COc2cscc2O1. The standard InChI is InChI=1S/C11H17NO4S/c12-1-2-13-3-4-14-5-9-6-15-10-7-17-8-11(10)16-9/h7-9H,1-6,12H2. The van der Waals surface area contributed by atoms with Gasteiger partial charge in [-0.15, -0.1) is 11.3 Å². The summed E-state index contributed by atoms with van der Waals surface area (Å²) in [6.45, 7) is 3.28. The van der Waals surface area contributed by atoms with E-state index in [1.165, 1.54) is 0 Å². The van der Waals surface area contributed by atoms with Crippen LogP contribution in [0.2, 0.25) is 0 Å². The topological polar surface area (TPSA) is 62.9 Å². The van der Waals surface area contributed by atoms with Crippen LogP contribution in [0.4, 0.5) is 0 Å². The van der Waals surface area contributed by atoms with Gasteiger partial charge in [0.1, 0.15) is 6.61 Å². The Bertz CT molecular complexity index is 331. The Kier molecular flexibility index (Phi) is 5.06. The molecule has 1 aliphatic rings. The monoisotopic (exact) mass is 259 g/mol. The smallest absolute Gasteiger partial charge is 0.172 e. The summed E-state index contributed by atoms with van der Waals surface area (Å²) in [5.74, 6) is 1.65. The van der Waals surface area contributed by atoms with Gasteiger partial charge in [0, 0.05) is 17.3 Å². The maximum absolute atomic E-state index is 5.70. The van der Waals surface area contributed by atoms with Gasteiger partial charge < -0.3 is 24.7 Å². The number of ether oxygens (including phenoxy) is 4. The summed E-state index contributed by atoms with van der Waals surface area (Å²) < 4.78 is 21.9. The van der Waals surface area contributed by atoms with Crippen LogP contribution < -0.4 is 15.2 Å². The molecule has 0 saturated carbocycles. The number of fused-ring (bicyclic) bond motifs is 1. The first kappa shape index (κ1) is 12.6. The molecule has 0 bridgehead atoms. The Hall–Kier alpha value is -0.820. The van der Waals surface area contributed by atoms with Crippen LogP contribution in [0.3, 0.4) is 0 Å². The van der Waals surface area contributed by atoms with Crippen molar-refractivity contribution < 1.29 is 18.9 Å². The van der Waals surface area contributed by atoms with Gasteiger partial charge in [0.25, 0.3) is 0 Å². The number of hydrogen-bond donors (Lipinski definition) is 1. The Morgan fingerprint density at radius 3 is 2.94 bits per heavy atom. The van der Waals surface area contributed by atoms with E-state index in [9.17, 15) is 0 Å². The van der Waals surface area contributed by atoms with Crippen molar-refractivity contribution in [2.45, 2.75) is 6.10 Å². The molecule has 96 valence electrons. The van der Waals surface area contributed by atoms with Crippen LogP contribution >= 0.6 is 11.3 Å². The van der Waals surface area contributed by atoms with E-state index >= 15 is 0 Å². The average Bonchev–Trinajstić information content (AvgIpc) is 2.81.